The number of amidine groups is 1. The second-order valence-electron chi connectivity index (χ2n) is 8.08. The highest BCUT2D eigenvalue weighted by Crippen LogP contribution is 2.34. The molecule has 0 bridgehead atoms. The number of hydrogen-bond acceptors (Lipinski definition) is 4. The highest BCUT2D eigenvalue weighted by Gasteiger charge is 2.24. The Hall–Kier alpha value is -3.53. The molecule has 1 aliphatic rings. The molecule has 33 heavy (non-hydrogen) atoms. The fourth-order valence-electron chi connectivity index (χ4n) is 3.81. The third-order valence-corrected chi connectivity index (χ3v) is 5.61. The SMILES string of the molecule is C=C(NC1=NC(c2ccccc2OC)Nc2ccccc21)c1ccccc1C.CCCCC. The van der Waals surface area contributed by atoms with Crippen LogP contribution in [-0.4, -0.2) is 12.9 Å². The highest BCUT2D eigenvalue weighted by molar-refractivity contribution is 6.08. The fraction of sp³-hybridized carbons (Fsp3) is 0.276. The van der Waals surface area contributed by atoms with Gasteiger partial charge < -0.3 is 15.4 Å². The molecule has 1 aliphatic heterocycles. The Morgan fingerprint density at radius 1 is 0.970 bits per heavy atom. The van der Waals surface area contributed by atoms with Crippen molar-refractivity contribution in [2.24, 2.45) is 4.99 Å². The van der Waals surface area contributed by atoms with Gasteiger partial charge in [0.15, 0.2) is 6.17 Å². The van der Waals surface area contributed by atoms with E-state index in [2.05, 4.69) is 62.2 Å². The lowest BCUT2D eigenvalue weighted by molar-refractivity contribution is 0.407. The number of anilines is 1. The Kier molecular flexibility index (Phi) is 8.71. The van der Waals surface area contributed by atoms with Gasteiger partial charge in [-0.25, -0.2) is 4.99 Å². The number of benzene rings is 3. The fourth-order valence-corrected chi connectivity index (χ4v) is 3.81. The summed E-state index contributed by atoms with van der Waals surface area (Å²) in [7, 11) is 1.68. The molecule has 4 heteroatoms. The first-order valence-electron chi connectivity index (χ1n) is 11.7. The quantitative estimate of drug-likeness (QED) is 0.421. The van der Waals surface area contributed by atoms with Gasteiger partial charge in [-0.1, -0.05) is 94.3 Å². The first-order valence-corrected chi connectivity index (χ1v) is 11.7. The molecule has 1 heterocycles. The summed E-state index contributed by atoms with van der Waals surface area (Å²) in [5.41, 5.74) is 6.10. The Morgan fingerprint density at radius 2 is 1.64 bits per heavy atom. The summed E-state index contributed by atoms with van der Waals surface area (Å²) < 4.78 is 5.54. The molecule has 3 aromatic rings. The lowest BCUT2D eigenvalue weighted by Gasteiger charge is -2.27. The first kappa shape index (κ1) is 24.1. The van der Waals surface area contributed by atoms with E-state index in [4.69, 9.17) is 9.73 Å². The van der Waals surface area contributed by atoms with E-state index in [0.29, 0.717) is 0 Å². The van der Waals surface area contributed by atoms with E-state index in [-0.39, 0.29) is 6.17 Å². The molecule has 2 N–H and O–H groups in total. The summed E-state index contributed by atoms with van der Waals surface area (Å²) in [6.07, 6.45) is 3.82. The van der Waals surface area contributed by atoms with Crippen molar-refractivity contribution in [1.82, 2.24) is 5.32 Å². The number of methoxy groups -OCH3 is 1. The molecule has 0 aromatic heterocycles. The number of hydrogen-bond donors (Lipinski definition) is 2. The standard InChI is InChI=1S/C24H23N3O.C5H12/c1-16-10-4-5-11-18(16)17(2)25-23-19-12-6-8-14-21(19)26-24(27-23)20-13-7-9-15-22(20)28-3;1-3-5-4-2/h4-15,24,26H,2H2,1,3H3,(H,25,27);3-5H2,1-2H3. The second-order valence-corrected chi connectivity index (χ2v) is 8.08. The number of ether oxygens (including phenoxy) is 1. The number of fused-ring (bicyclic) bond motifs is 1. The third-order valence-electron chi connectivity index (χ3n) is 5.61. The van der Waals surface area contributed by atoms with Gasteiger partial charge in [-0.15, -0.1) is 0 Å². The lowest BCUT2D eigenvalue weighted by Crippen LogP contribution is -2.30. The summed E-state index contributed by atoms with van der Waals surface area (Å²) >= 11 is 0. The van der Waals surface area contributed by atoms with Gasteiger partial charge in [0.2, 0.25) is 0 Å². The van der Waals surface area contributed by atoms with Gasteiger partial charge in [-0.05, 0) is 30.7 Å². The van der Waals surface area contributed by atoms with E-state index in [0.717, 1.165) is 39.7 Å². The summed E-state index contributed by atoms with van der Waals surface area (Å²) in [5.74, 6) is 1.60. The zero-order valence-corrected chi connectivity index (χ0v) is 20.2. The minimum Gasteiger partial charge on any atom is -0.496 e. The number of aliphatic imine (C=N–C) groups is 1. The minimum absolute atomic E-state index is 0.252. The maximum atomic E-state index is 5.54. The molecule has 3 aromatic carbocycles. The molecule has 0 spiro atoms. The van der Waals surface area contributed by atoms with E-state index < -0.39 is 0 Å². The molecule has 0 fully saturated rings. The van der Waals surface area contributed by atoms with Gasteiger partial charge >= 0.3 is 0 Å². The van der Waals surface area contributed by atoms with Crippen molar-refractivity contribution in [3.8, 4) is 5.75 Å². The molecule has 0 aliphatic carbocycles. The molecule has 0 saturated carbocycles. The average Bonchev–Trinajstić information content (AvgIpc) is 2.85. The molecule has 1 atom stereocenters. The molecule has 4 nitrogen and oxygen atoms in total. The summed E-state index contributed by atoms with van der Waals surface area (Å²) in [4.78, 5) is 4.95. The highest BCUT2D eigenvalue weighted by atomic mass is 16.5. The van der Waals surface area contributed by atoms with Crippen LogP contribution in [0.15, 0.2) is 84.4 Å². The van der Waals surface area contributed by atoms with E-state index in [1.807, 2.05) is 48.5 Å². The molecule has 172 valence electrons. The van der Waals surface area contributed by atoms with E-state index in [9.17, 15) is 0 Å². The van der Waals surface area contributed by atoms with Crippen LogP contribution in [0.3, 0.4) is 0 Å². The lowest BCUT2D eigenvalue weighted by atomic mass is 10.0. The largest absolute Gasteiger partial charge is 0.496 e. The zero-order valence-electron chi connectivity index (χ0n) is 20.2. The van der Waals surface area contributed by atoms with Crippen LogP contribution in [0.2, 0.25) is 0 Å². The van der Waals surface area contributed by atoms with Crippen LogP contribution in [0.4, 0.5) is 5.69 Å². The van der Waals surface area contributed by atoms with Crippen LogP contribution < -0.4 is 15.4 Å². The third kappa shape index (κ3) is 6.04. The predicted molar refractivity (Wildman–Crippen MR) is 141 cm³/mol. The van der Waals surface area contributed by atoms with Crippen LogP contribution in [0, 0.1) is 6.92 Å². The molecule has 1 unspecified atom stereocenters. The Bertz CT molecular complexity index is 1100. The van der Waals surface area contributed by atoms with Gasteiger partial charge in [-0.2, -0.15) is 0 Å². The topological polar surface area (TPSA) is 45.7 Å². The maximum absolute atomic E-state index is 5.54. The van der Waals surface area contributed by atoms with Gasteiger partial charge in [0.1, 0.15) is 11.6 Å². The van der Waals surface area contributed by atoms with Crippen LogP contribution in [0.25, 0.3) is 5.70 Å². The molecule has 4 rings (SSSR count). The number of unbranched alkanes of at least 4 members (excludes halogenated alkanes) is 2. The molecule has 0 amide bonds. The Balaban J connectivity index is 0.000000555. The number of rotatable bonds is 6. The van der Waals surface area contributed by atoms with Crippen molar-refractivity contribution in [2.75, 3.05) is 12.4 Å². The summed E-state index contributed by atoms with van der Waals surface area (Å²) in [6.45, 7) is 10.8. The smallest absolute Gasteiger partial charge is 0.150 e. The summed E-state index contributed by atoms with van der Waals surface area (Å²) in [6, 6.07) is 24.3. The number of nitrogens with zero attached hydrogens (tertiary/aromatic N) is 1. The van der Waals surface area contributed by atoms with Gasteiger partial charge in [0, 0.05) is 28.1 Å². The van der Waals surface area contributed by atoms with Crippen LogP contribution >= 0.6 is 0 Å². The second kappa shape index (κ2) is 11.9. The summed E-state index contributed by atoms with van der Waals surface area (Å²) in [5, 5.41) is 6.95. The van der Waals surface area contributed by atoms with E-state index in [1.54, 1.807) is 7.11 Å². The van der Waals surface area contributed by atoms with Crippen LogP contribution in [-0.2, 0) is 0 Å². The Morgan fingerprint density at radius 3 is 2.33 bits per heavy atom. The van der Waals surface area contributed by atoms with Gasteiger partial charge in [0.25, 0.3) is 0 Å². The van der Waals surface area contributed by atoms with E-state index >= 15 is 0 Å². The van der Waals surface area contributed by atoms with Crippen molar-refractivity contribution in [1.29, 1.82) is 0 Å². The first-order chi connectivity index (χ1) is 16.1. The molecule has 0 saturated heterocycles. The Labute approximate surface area is 198 Å². The van der Waals surface area contributed by atoms with Crippen LogP contribution in [0.1, 0.15) is 61.5 Å². The molecular formula is C29H35N3O. The minimum atomic E-state index is -0.252. The molecular weight excluding hydrogens is 406 g/mol. The monoisotopic (exact) mass is 441 g/mol. The average molecular weight is 442 g/mol. The number of para-hydroxylation sites is 2. The van der Waals surface area contributed by atoms with Crippen LogP contribution in [0.5, 0.6) is 5.75 Å². The normalized spacial score (nSPS) is 14.1. The number of aryl methyl sites for hydroxylation is 1. The van der Waals surface area contributed by atoms with Crippen molar-refractivity contribution < 1.29 is 4.74 Å². The van der Waals surface area contributed by atoms with Gasteiger partial charge in [0.05, 0.1) is 7.11 Å². The number of nitrogens with one attached hydrogen (secondary N) is 2. The van der Waals surface area contributed by atoms with Crippen molar-refractivity contribution >= 4 is 17.2 Å². The predicted octanol–water partition coefficient (Wildman–Crippen LogP) is 7.33. The van der Waals surface area contributed by atoms with Gasteiger partial charge in [-0.3, -0.25) is 0 Å². The zero-order chi connectivity index (χ0) is 23.6. The van der Waals surface area contributed by atoms with E-state index in [1.165, 1.54) is 24.8 Å². The molecule has 0 radical (unpaired) electrons. The van der Waals surface area contributed by atoms with Crippen molar-refractivity contribution in [2.45, 2.75) is 46.2 Å². The van der Waals surface area contributed by atoms with Crippen molar-refractivity contribution in [3.63, 3.8) is 0 Å². The van der Waals surface area contributed by atoms with Crippen molar-refractivity contribution in [3.05, 3.63) is 102 Å². The maximum Gasteiger partial charge on any atom is 0.150 e.